The smallest absolute Gasteiger partial charge is 0.275 e. The van der Waals surface area contributed by atoms with Gasteiger partial charge in [0.05, 0.1) is 11.2 Å². The van der Waals surface area contributed by atoms with E-state index in [-0.39, 0.29) is 23.5 Å². The number of aromatic nitrogens is 4. The molecule has 0 saturated carbocycles. The quantitative estimate of drug-likeness (QED) is 0.619. The van der Waals surface area contributed by atoms with Gasteiger partial charge in [-0.15, -0.1) is 0 Å². The number of aromatic amines is 2. The first-order chi connectivity index (χ1) is 13.0. The molecule has 1 aliphatic heterocycles. The van der Waals surface area contributed by atoms with Gasteiger partial charge in [-0.1, -0.05) is 18.2 Å². The van der Waals surface area contributed by atoms with E-state index in [4.69, 9.17) is 5.73 Å². The second-order valence-electron chi connectivity index (χ2n) is 6.85. The van der Waals surface area contributed by atoms with Crippen LogP contribution in [0, 0.1) is 0 Å². The summed E-state index contributed by atoms with van der Waals surface area (Å²) in [7, 11) is 1.96. The Bertz CT molecular complexity index is 1040. The van der Waals surface area contributed by atoms with E-state index < -0.39 is 0 Å². The number of para-hydroxylation sites is 1. The first-order valence-corrected chi connectivity index (χ1v) is 8.79. The summed E-state index contributed by atoms with van der Waals surface area (Å²) >= 11 is 0. The number of rotatable bonds is 4. The second-order valence-corrected chi connectivity index (χ2v) is 6.85. The fourth-order valence-electron chi connectivity index (χ4n) is 3.56. The first kappa shape index (κ1) is 17.2. The number of nitrogens with two attached hydrogens (primary N) is 1. The third-order valence-corrected chi connectivity index (χ3v) is 4.97. The van der Waals surface area contributed by atoms with Gasteiger partial charge in [0.1, 0.15) is 0 Å². The van der Waals surface area contributed by atoms with E-state index in [0.717, 1.165) is 17.3 Å². The maximum Gasteiger partial charge on any atom is 0.275 e. The Kier molecular flexibility index (Phi) is 4.36. The van der Waals surface area contributed by atoms with Crippen LogP contribution in [0.15, 0.2) is 35.1 Å². The van der Waals surface area contributed by atoms with E-state index >= 15 is 0 Å². The van der Waals surface area contributed by atoms with Gasteiger partial charge in [0.2, 0.25) is 5.95 Å². The Morgan fingerprint density at radius 3 is 3.04 bits per heavy atom. The van der Waals surface area contributed by atoms with E-state index in [0.29, 0.717) is 31.0 Å². The zero-order chi connectivity index (χ0) is 19.0. The fraction of sp³-hybridized carbons (Fsp3) is 0.333. The van der Waals surface area contributed by atoms with Crippen molar-refractivity contribution in [3.63, 3.8) is 0 Å². The summed E-state index contributed by atoms with van der Waals surface area (Å²) < 4.78 is 0. The molecule has 4 rings (SSSR count). The molecule has 1 saturated heterocycles. The summed E-state index contributed by atoms with van der Waals surface area (Å²) in [6.45, 7) is 1.77. The van der Waals surface area contributed by atoms with Crippen molar-refractivity contribution in [3.05, 3.63) is 52.1 Å². The molecule has 1 atom stereocenters. The second kappa shape index (κ2) is 6.84. The van der Waals surface area contributed by atoms with Crippen LogP contribution < -0.4 is 11.3 Å². The maximum absolute atomic E-state index is 12.9. The summed E-state index contributed by atoms with van der Waals surface area (Å²) in [5.74, 6) is 0.0430. The third kappa shape index (κ3) is 3.41. The molecule has 2 aromatic heterocycles. The molecule has 1 unspecified atom stereocenters. The average Bonchev–Trinajstić information content (AvgIpc) is 3.28. The minimum absolute atomic E-state index is 0.0677. The summed E-state index contributed by atoms with van der Waals surface area (Å²) in [5.41, 5.74) is 7.26. The van der Waals surface area contributed by atoms with E-state index in [1.165, 1.54) is 6.07 Å². The standard InChI is InChI=1S/C18H21N7O2/c1-24(9-11-8-15(26)21-18(19)20-11)12-6-7-25(10-12)17(27)16-13-4-2-3-5-14(13)22-23-16/h2-5,8,12H,6-7,9-10H2,1H3,(H,22,23)(H3,19,20,21,26). The monoisotopic (exact) mass is 367 g/mol. The van der Waals surface area contributed by atoms with Crippen molar-refractivity contribution < 1.29 is 4.79 Å². The van der Waals surface area contributed by atoms with Crippen LogP contribution in [-0.2, 0) is 6.54 Å². The number of benzene rings is 1. The predicted octanol–water partition coefficient (Wildman–Crippen LogP) is 0.575. The number of hydrogen-bond acceptors (Lipinski definition) is 6. The number of nitrogens with one attached hydrogen (secondary N) is 2. The summed E-state index contributed by atoms with van der Waals surface area (Å²) in [6.07, 6.45) is 0.850. The maximum atomic E-state index is 12.9. The SMILES string of the molecule is CN(Cc1cc(=O)[nH]c(N)n1)C1CCN(C(=O)c2n[nH]c3ccccc23)C1. The normalized spacial score (nSPS) is 17.1. The Morgan fingerprint density at radius 2 is 2.22 bits per heavy atom. The molecule has 0 radical (unpaired) electrons. The fourth-order valence-corrected chi connectivity index (χ4v) is 3.56. The van der Waals surface area contributed by atoms with Gasteiger partial charge in [0.25, 0.3) is 11.5 Å². The Morgan fingerprint density at radius 1 is 1.41 bits per heavy atom. The third-order valence-electron chi connectivity index (χ3n) is 4.97. The first-order valence-electron chi connectivity index (χ1n) is 8.79. The zero-order valence-corrected chi connectivity index (χ0v) is 15.0. The highest BCUT2D eigenvalue weighted by molar-refractivity contribution is 6.04. The van der Waals surface area contributed by atoms with Gasteiger partial charge in [-0.2, -0.15) is 5.10 Å². The predicted molar refractivity (Wildman–Crippen MR) is 101 cm³/mol. The highest BCUT2D eigenvalue weighted by Gasteiger charge is 2.31. The van der Waals surface area contributed by atoms with Crippen molar-refractivity contribution in [1.82, 2.24) is 30.0 Å². The van der Waals surface area contributed by atoms with Gasteiger partial charge in [-0.3, -0.25) is 24.6 Å². The van der Waals surface area contributed by atoms with Crippen LogP contribution in [0.3, 0.4) is 0 Å². The Labute approximate surface area is 155 Å². The van der Waals surface area contributed by atoms with Gasteiger partial charge in [-0.05, 0) is 19.5 Å². The average molecular weight is 367 g/mol. The molecule has 9 heteroatoms. The van der Waals surface area contributed by atoms with Gasteiger partial charge >= 0.3 is 0 Å². The van der Waals surface area contributed by atoms with Crippen molar-refractivity contribution in [2.45, 2.75) is 19.0 Å². The number of likely N-dealkylation sites (N-methyl/N-ethyl adjacent to an activating group) is 1. The number of hydrogen-bond donors (Lipinski definition) is 3. The van der Waals surface area contributed by atoms with Crippen molar-refractivity contribution in [2.24, 2.45) is 0 Å². The molecule has 0 bridgehead atoms. The molecule has 27 heavy (non-hydrogen) atoms. The van der Waals surface area contributed by atoms with Crippen molar-refractivity contribution >= 4 is 22.8 Å². The molecule has 1 aromatic carbocycles. The largest absolute Gasteiger partial charge is 0.369 e. The van der Waals surface area contributed by atoms with E-state index in [1.807, 2.05) is 36.2 Å². The molecular formula is C18H21N7O2. The lowest BCUT2D eigenvalue weighted by atomic mass is 10.2. The number of likely N-dealkylation sites (tertiary alicyclic amines) is 1. The van der Waals surface area contributed by atoms with Gasteiger partial charge in [-0.25, -0.2) is 4.98 Å². The zero-order valence-electron chi connectivity index (χ0n) is 15.0. The molecule has 140 valence electrons. The van der Waals surface area contributed by atoms with E-state index in [1.54, 1.807) is 0 Å². The van der Waals surface area contributed by atoms with Crippen molar-refractivity contribution in [1.29, 1.82) is 0 Å². The van der Waals surface area contributed by atoms with Gasteiger partial charge < -0.3 is 10.6 Å². The molecule has 1 aliphatic rings. The topological polar surface area (TPSA) is 124 Å². The highest BCUT2D eigenvalue weighted by atomic mass is 16.2. The van der Waals surface area contributed by atoms with Crippen molar-refractivity contribution in [2.75, 3.05) is 25.9 Å². The lowest BCUT2D eigenvalue weighted by Gasteiger charge is -2.24. The minimum atomic E-state index is -0.264. The van der Waals surface area contributed by atoms with Crippen molar-refractivity contribution in [3.8, 4) is 0 Å². The van der Waals surface area contributed by atoms with Crippen LogP contribution in [0.2, 0.25) is 0 Å². The molecule has 3 heterocycles. The minimum Gasteiger partial charge on any atom is -0.369 e. The van der Waals surface area contributed by atoms with Crippen LogP contribution in [0.25, 0.3) is 10.9 Å². The number of anilines is 1. The van der Waals surface area contributed by atoms with Crippen LogP contribution in [0.1, 0.15) is 22.6 Å². The molecule has 4 N–H and O–H groups in total. The molecular weight excluding hydrogens is 346 g/mol. The molecule has 3 aromatic rings. The number of carbonyl (C=O) groups excluding carboxylic acids is 1. The van der Waals surface area contributed by atoms with Gasteiger partial charge in [0.15, 0.2) is 5.69 Å². The number of H-pyrrole nitrogens is 2. The molecule has 0 spiro atoms. The number of fused-ring (bicyclic) bond motifs is 1. The lowest BCUT2D eigenvalue weighted by molar-refractivity contribution is 0.0775. The Hall–Kier alpha value is -3.20. The van der Waals surface area contributed by atoms with Gasteiger partial charge in [0, 0.05) is 37.1 Å². The van der Waals surface area contributed by atoms with Crippen LogP contribution >= 0.6 is 0 Å². The summed E-state index contributed by atoms with van der Waals surface area (Å²) in [6, 6.07) is 9.23. The molecule has 9 nitrogen and oxygen atoms in total. The molecule has 1 amide bonds. The van der Waals surface area contributed by atoms with Crippen LogP contribution in [0.5, 0.6) is 0 Å². The number of nitrogen functional groups attached to an aromatic ring is 1. The number of nitrogens with zero attached hydrogens (tertiary/aromatic N) is 4. The summed E-state index contributed by atoms with van der Waals surface area (Å²) in [4.78, 5) is 34.9. The van der Waals surface area contributed by atoms with Crippen LogP contribution in [-0.4, -0.2) is 62.1 Å². The lowest BCUT2D eigenvalue weighted by Crippen LogP contribution is -2.36. The summed E-state index contributed by atoms with van der Waals surface area (Å²) in [5, 5.41) is 7.95. The Balaban J connectivity index is 1.45. The van der Waals surface area contributed by atoms with E-state index in [2.05, 4.69) is 25.1 Å². The van der Waals surface area contributed by atoms with Crippen LogP contribution in [0.4, 0.5) is 5.95 Å². The number of amides is 1. The highest BCUT2D eigenvalue weighted by Crippen LogP contribution is 2.21. The molecule has 1 fully saturated rings. The number of carbonyl (C=O) groups is 1. The van der Waals surface area contributed by atoms with E-state index in [9.17, 15) is 9.59 Å². The molecule has 0 aliphatic carbocycles.